The van der Waals surface area contributed by atoms with E-state index in [1.54, 1.807) is 6.20 Å². The van der Waals surface area contributed by atoms with Crippen molar-refractivity contribution in [3.8, 4) is 0 Å². The molecule has 0 aromatic carbocycles. The molecule has 0 radical (unpaired) electrons. The zero-order valence-corrected chi connectivity index (χ0v) is 6.66. The van der Waals surface area contributed by atoms with Gasteiger partial charge in [-0.05, 0) is 12.1 Å². The smallest absolute Gasteiger partial charge is 0.125 e. The molecule has 1 atom stereocenters. The fraction of sp³-hybridized carbons (Fsp3) is 0.333. The molecule has 2 rings (SSSR count). The van der Waals surface area contributed by atoms with Crippen molar-refractivity contribution in [3.63, 3.8) is 0 Å². The molecule has 1 N–H and O–H groups in total. The highest BCUT2D eigenvalue weighted by molar-refractivity contribution is 5.60. The van der Waals surface area contributed by atoms with Crippen LogP contribution < -0.4 is 5.32 Å². The maximum absolute atomic E-state index is 10.5. The molecule has 62 valence electrons. The van der Waals surface area contributed by atoms with Crippen molar-refractivity contribution < 1.29 is 4.79 Å². The molecule has 1 aromatic heterocycles. The molecule has 2 heterocycles. The quantitative estimate of drug-likeness (QED) is 0.623. The number of aldehydes is 1. The van der Waals surface area contributed by atoms with E-state index in [-0.39, 0.29) is 5.92 Å². The van der Waals surface area contributed by atoms with Crippen molar-refractivity contribution in [3.05, 3.63) is 24.0 Å². The first-order valence-electron chi connectivity index (χ1n) is 4.03. The van der Waals surface area contributed by atoms with E-state index in [0.717, 1.165) is 30.6 Å². The lowest BCUT2D eigenvalue weighted by Gasteiger charge is -2.20. The van der Waals surface area contributed by atoms with Crippen molar-refractivity contribution in [1.29, 1.82) is 0 Å². The predicted molar refractivity (Wildman–Crippen MR) is 46.0 cm³/mol. The van der Waals surface area contributed by atoms with Crippen LogP contribution in [0.3, 0.4) is 0 Å². The third kappa shape index (κ3) is 1.18. The van der Waals surface area contributed by atoms with E-state index in [1.165, 1.54) is 0 Å². The van der Waals surface area contributed by atoms with E-state index in [4.69, 9.17) is 0 Å². The first-order valence-corrected chi connectivity index (χ1v) is 4.03. The summed E-state index contributed by atoms with van der Waals surface area (Å²) in [6.07, 6.45) is 3.52. The average Bonchev–Trinajstić information content (AvgIpc) is 2.17. The second-order valence-corrected chi connectivity index (χ2v) is 2.98. The Balaban J connectivity index is 2.28. The van der Waals surface area contributed by atoms with Gasteiger partial charge in [0.25, 0.3) is 0 Å². The maximum atomic E-state index is 10.5. The fourth-order valence-electron chi connectivity index (χ4n) is 1.42. The van der Waals surface area contributed by atoms with Crippen molar-refractivity contribution in [2.45, 2.75) is 6.42 Å². The van der Waals surface area contributed by atoms with E-state index in [0.29, 0.717) is 0 Å². The highest BCUT2D eigenvalue weighted by Crippen LogP contribution is 2.20. The molecule has 1 aliphatic heterocycles. The molecule has 0 bridgehead atoms. The van der Waals surface area contributed by atoms with Crippen LogP contribution in [0.4, 0.5) is 5.69 Å². The largest absolute Gasteiger partial charge is 0.383 e. The van der Waals surface area contributed by atoms with E-state index in [1.807, 2.05) is 12.1 Å². The molecule has 1 unspecified atom stereocenters. The van der Waals surface area contributed by atoms with Gasteiger partial charge in [0.1, 0.15) is 6.29 Å². The lowest BCUT2D eigenvalue weighted by Crippen LogP contribution is -2.24. The van der Waals surface area contributed by atoms with Crippen molar-refractivity contribution in [1.82, 2.24) is 4.98 Å². The van der Waals surface area contributed by atoms with E-state index in [9.17, 15) is 4.79 Å². The van der Waals surface area contributed by atoms with E-state index < -0.39 is 0 Å². The van der Waals surface area contributed by atoms with Gasteiger partial charge in [-0.1, -0.05) is 0 Å². The topological polar surface area (TPSA) is 42.0 Å². The Bertz CT molecular complexity index is 298. The standard InChI is InChI=1S/C9H10N2O/c12-6-7-4-9-8(11-5-7)2-1-3-10-9/h1-3,6-7,11H,4-5H2. The van der Waals surface area contributed by atoms with Gasteiger partial charge in [-0.2, -0.15) is 0 Å². The van der Waals surface area contributed by atoms with Crippen molar-refractivity contribution >= 4 is 12.0 Å². The van der Waals surface area contributed by atoms with Crippen molar-refractivity contribution in [2.24, 2.45) is 5.92 Å². The molecule has 3 nitrogen and oxygen atoms in total. The Labute approximate surface area is 70.8 Å². The molecule has 0 saturated carbocycles. The summed E-state index contributed by atoms with van der Waals surface area (Å²) in [5.41, 5.74) is 2.07. The summed E-state index contributed by atoms with van der Waals surface area (Å²) < 4.78 is 0. The van der Waals surface area contributed by atoms with Crippen LogP contribution in [0.15, 0.2) is 18.3 Å². The van der Waals surface area contributed by atoms with Gasteiger partial charge in [0.15, 0.2) is 0 Å². The highest BCUT2D eigenvalue weighted by Gasteiger charge is 2.17. The molecular formula is C9H10N2O. The van der Waals surface area contributed by atoms with Crippen LogP contribution in [0.5, 0.6) is 0 Å². The molecule has 0 saturated heterocycles. The monoisotopic (exact) mass is 162 g/mol. The van der Waals surface area contributed by atoms with Gasteiger partial charge in [0, 0.05) is 25.1 Å². The summed E-state index contributed by atoms with van der Waals surface area (Å²) in [6, 6.07) is 3.89. The SMILES string of the molecule is O=CC1CNc2cccnc2C1. The van der Waals surface area contributed by atoms with Gasteiger partial charge in [-0.25, -0.2) is 0 Å². The number of nitrogens with zero attached hydrogens (tertiary/aromatic N) is 1. The van der Waals surface area contributed by atoms with E-state index in [2.05, 4.69) is 10.3 Å². The Morgan fingerprint density at radius 2 is 2.58 bits per heavy atom. The van der Waals surface area contributed by atoms with Crippen molar-refractivity contribution in [2.75, 3.05) is 11.9 Å². The van der Waals surface area contributed by atoms with Gasteiger partial charge < -0.3 is 10.1 Å². The average molecular weight is 162 g/mol. The molecule has 0 aliphatic carbocycles. The lowest BCUT2D eigenvalue weighted by atomic mass is 10.00. The lowest BCUT2D eigenvalue weighted by molar-refractivity contribution is -0.110. The molecule has 1 aromatic rings. The molecule has 0 spiro atoms. The van der Waals surface area contributed by atoms with Crippen LogP contribution in [-0.4, -0.2) is 17.8 Å². The third-order valence-corrected chi connectivity index (χ3v) is 2.09. The summed E-state index contributed by atoms with van der Waals surface area (Å²) >= 11 is 0. The number of fused-ring (bicyclic) bond motifs is 1. The predicted octanol–water partition coefficient (Wildman–Crippen LogP) is 0.865. The second kappa shape index (κ2) is 2.93. The first-order chi connectivity index (χ1) is 5.90. The summed E-state index contributed by atoms with van der Waals surface area (Å²) in [4.78, 5) is 14.7. The molecule has 3 heteroatoms. The summed E-state index contributed by atoms with van der Waals surface area (Å²) in [6.45, 7) is 0.738. The number of carbonyl (C=O) groups is 1. The van der Waals surface area contributed by atoms with Crippen LogP contribution >= 0.6 is 0 Å². The van der Waals surface area contributed by atoms with Crippen LogP contribution in [0.25, 0.3) is 0 Å². The Morgan fingerprint density at radius 1 is 1.67 bits per heavy atom. The zero-order valence-electron chi connectivity index (χ0n) is 6.66. The summed E-state index contributed by atoms with van der Waals surface area (Å²) in [5.74, 6) is 0.0902. The van der Waals surface area contributed by atoms with Crippen LogP contribution in [-0.2, 0) is 11.2 Å². The summed E-state index contributed by atoms with van der Waals surface area (Å²) in [5, 5.41) is 3.17. The minimum Gasteiger partial charge on any atom is -0.383 e. The number of rotatable bonds is 1. The number of hydrogen-bond donors (Lipinski definition) is 1. The van der Waals surface area contributed by atoms with Crippen LogP contribution in [0, 0.1) is 5.92 Å². The Morgan fingerprint density at radius 3 is 3.42 bits per heavy atom. The molecule has 0 amide bonds. The summed E-state index contributed by atoms with van der Waals surface area (Å²) in [7, 11) is 0. The molecular weight excluding hydrogens is 152 g/mol. The molecule has 0 fully saturated rings. The number of nitrogens with one attached hydrogen (secondary N) is 1. The minimum atomic E-state index is 0.0902. The van der Waals surface area contributed by atoms with Gasteiger partial charge in [0.2, 0.25) is 0 Å². The van der Waals surface area contributed by atoms with Gasteiger partial charge in [0.05, 0.1) is 11.4 Å². The number of hydrogen-bond acceptors (Lipinski definition) is 3. The zero-order chi connectivity index (χ0) is 8.39. The number of pyridine rings is 1. The highest BCUT2D eigenvalue weighted by atomic mass is 16.1. The number of aromatic nitrogens is 1. The first kappa shape index (κ1) is 7.28. The normalized spacial score (nSPS) is 20.8. The number of anilines is 1. The van der Waals surface area contributed by atoms with E-state index >= 15 is 0 Å². The minimum absolute atomic E-state index is 0.0902. The van der Waals surface area contributed by atoms with Gasteiger partial charge >= 0.3 is 0 Å². The number of carbonyl (C=O) groups excluding carboxylic acids is 1. The van der Waals surface area contributed by atoms with Gasteiger partial charge in [-0.3, -0.25) is 4.98 Å². The second-order valence-electron chi connectivity index (χ2n) is 2.98. The molecule has 1 aliphatic rings. The third-order valence-electron chi connectivity index (χ3n) is 2.09. The maximum Gasteiger partial charge on any atom is 0.125 e. The van der Waals surface area contributed by atoms with Crippen LogP contribution in [0.2, 0.25) is 0 Å². The Kier molecular flexibility index (Phi) is 1.78. The Hall–Kier alpha value is -1.38. The van der Waals surface area contributed by atoms with Crippen LogP contribution in [0.1, 0.15) is 5.69 Å². The van der Waals surface area contributed by atoms with Gasteiger partial charge in [-0.15, -0.1) is 0 Å². The molecule has 12 heavy (non-hydrogen) atoms. The fourth-order valence-corrected chi connectivity index (χ4v) is 1.42.